The number of hydrogen-bond acceptors (Lipinski definition) is 8. The zero-order valence-electron chi connectivity index (χ0n) is 19.0. The maximum Gasteiger partial charge on any atom is 0.252 e. The van der Waals surface area contributed by atoms with Crippen LogP contribution in [0.25, 0.3) is 22.6 Å². The van der Waals surface area contributed by atoms with Crippen molar-refractivity contribution in [1.29, 1.82) is 0 Å². The van der Waals surface area contributed by atoms with E-state index in [1.807, 2.05) is 10.6 Å². The van der Waals surface area contributed by atoms with Gasteiger partial charge in [-0.25, -0.2) is 19.9 Å². The molecule has 0 spiro atoms. The van der Waals surface area contributed by atoms with Crippen molar-refractivity contribution in [3.05, 3.63) is 47.9 Å². The summed E-state index contributed by atoms with van der Waals surface area (Å²) in [5, 5.41) is 2.62. The van der Waals surface area contributed by atoms with Crippen molar-refractivity contribution < 1.29 is 13.9 Å². The Morgan fingerprint density at radius 2 is 2.09 bits per heavy atom. The van der Waals surface area contributed by atoms with Crippen molar-refractivity contribution in [2.45, 2.75) is 33.4 Å². The lowest BCUT2D eigenvalue weighted by Gasteiger charge is -2.34. The van der Waals surface area contributed by atoms with Crippen LogP contribution in [0, 0.1) is 6.92 Å². The molecule has 1 N–H and O–H groups in total. The number of likely N-dealkylation sites (N-methyl/N-ethyl adjacent to an activating group) is 1. The predicted molar refractivity (Wildman–Crippen MR) is 122 cm³/mol. The second kappa shape index (κ2) is 8.19. The van der Waals surface area contributed by atoms with Crippen LogP contribution in [0.3, 0.4) is 0 Å². The molecule has 0 radical (unpaired) electrons. The van der Waals surface area contributed by atoms with Gasteiger partial charge in [-0.1, -0.05) is 0 Å². The lowest BCUT2D eigenvalue weighted by atomic mass is 10.2. The SMILES string of the molecule is CCN1c2ncc(-c3nc4cc(C(=O)NC)cnc4n3Cc3coc(C)n3)cc2OCC1C. The first-order valence-corrected chi connectivity index (χ1v) is 10.9. The minimum absolute atomic E-state index is 0.217. The fourth-order valence-electron chi connectivity index (χ4n) is 4.14. The van der Waals surface area contributed by atoms with Gasteiger partial charge in [0.15, 0.2) is 23.1 Å². The van der Waals surface area contributed by atoms with Gasteiger partial charge >= 0.3 is 0 Å². The highest BCUT2D eigenvalue weighted by molar-refractivity contribution is 5.96. The van der Waals surface area contributed by atoms with E-state index in [0.29, 0.717) is 41.6 Å². The summed E-state index contributed by atoms with van der Waals surface area (Å²) in [6.45, 7) is 7.88. The van der Waals surface area contributed by atoms with Gasteiger partial charge < -0.3 is 23.9 Å². The van der Waals surface area contributed by atoms with Crippen molar-refractivity contribution in [2.24, 2.45) is 0 Å². The predicted octanol–water partition coefficient (Wildman–Crippen LogP) is 2.80. The van der Waals surface area contributed by atoms with Crippen molar-refractivity contribution >= 4 is 22.9 Å². The highest BCUT2D eigenvalue weighted by Gasteiger charge is 2.26. The second-order valence-corrected chi connectivity index (χ2v) is 8.02. The number of carbonyl (C=O) groups excluding carboxylic acids is 1. The van der Waals surface area contributed by atoms with Gasteiger partial charge in [-0.15, -0.1) is 0 Å². The number of nitrogens with one attached hydrogen (secondary N) is 1. The maximum atomic E-state index is 12.1. The van der Waals surface area contributed by atoms with E-state index in [1.54, 1.807) is 38.7 Å². The van der Waals surface area contributed by atoms with E-state index < -0.39 is 0 Å². The van der Waals surface area contributed by atoms with Crippen LogP contribution < -0.4 is 15.0 Å². The summed E-state index contributed by atoms with van der Waals surface area (Å²) in [6.07, 6.45) is 4.97. The summed E-state index contributed by atoms with van der Waals surface area (Å²) in [5.41, 5.74) is 3.23. The van der Waals surface area contributed by atoms with E-state index in [1.165, 1.54) is 0 Å². The Bertz CT molecular complexity index is 1340. The number of fused-ring (bicyclic) bond motifs is 2. The molecule has 4 aromatic rings. The summed E-state index contributed by atoms with van der Waals surface area (Å²) >= 11 is 0. The van der Waals surface area contributed by atoms with Gasteiger partial charge in [-0.05, 0) is 26.0 Å². The van der Waals surface area contributed by atoms with Crippen LogP contribution >= 0.6 is 0 Å². The number of rotatable bonds is 5. The van der Waals surface area contributed by atoms with Gasteiger partial charge in [-0.2, -0.15) is 0 Å². The molecule has 10 nitrogen and oxygen atoms in total. The number of amides is 1. The van der Waals surface area contributed by atoms with E-state index in [9.17, 15) is 4.79 Å². The number of carbonyl (C=O) groups is 1. The third kappa shape index (κ3) is 3.67. The zero-order chi connectivity index (χ0) is 23.1. The van der Waals surface area contributed by atoms with Crippen LogP contribution in [0.15, 0.2) is 35.2 Å². The molecule has 0 aliphatic carbocycles. The summed E-state index contributed by atoms with van der Waals surface area (Å²) in [7, 11) is 1.59. The number of anilines is 1. The van der Waals surface area contributed by atoms with Crippen LogP contribution in [0.2, 0.25) is 0 Å². The fourth-order valence-corrected chi connectivity index (χ4v) is 4.14. The average molecular weight is 447 g/mol. The molecule has 1 atom stereocenters. The molecular weight excluding hydrogens is 422 g/mol. The number of imidazole rings is 1. The Kier molecular flexibility index (Phi) is 5.20. The zero-order valence-corrected chi connectivity index (χ0v) is 19.0. The topological polar surface area (TPSA) is 111 Å². The largest absolute Gasteiger partial charge is 0.488 e. The molecule has 1 unspecified atom stereocenters. The third-order valence-electron chi connectivity index (χ3n) is 5.78. The van der Waals surface area contributed by atoms with Gasteiger partial charge in [0, 0.05) is 38.5 Å². The Labute approximate surface area is 190 Å². The number of nitrogens with zero attached hydrogens (tertiary/aromatic N) is 6. The van der Waals surface area contributed by atoms with Crippen LogP contribution in [0.5, 0.6) is 5.75 Å². The monoisotopic (exact) mass is 447 g/mol. The van der Waals surface area contributed by atoms with E-state index in [4.69, 9.17) is 19.1 Å². The quantitative estimate of drug-likeness (QED) is 0.497. The molecule has 10 heteroatoms. The van der Waals surface area contributed by atoms with Crippen LogP contribution in [0.1, 0.15) is 35.8 Å². The molecule has 0 fully saturated rings. The molecule has 1 amide bonds. The molecule has 0 saturated heterocycles. The first-order chi connectivity index (χ1) is 16.0. The Balaban J connectivity index is 1.64. The van der Waals surface area contributed by atoms with E-state index in [2.05, 4.69) is 34.0 Å². The van der Waals surface area contributed by atoms with E-state index in [0.717, 1.165) is 29.4 Å². The molecule has 1 aliphatic heterocycles. The van der Waals surface area contributed by atoms with Crippen LogP contribution in [-0.2, 0) is 6.54 Å². The summed E-state index contributed by atoms with van der Waals surface area (Å²) in [4.78, 5) is 32.8. The molecule has 0 bridgehead atoms. The van der Waals surface area contributed by atoms with Crippen molar-refractivity contribution in [3.63, 3.8) is 0 Å². The number of hydrogen-bond donors (Lipinski definition) is 1. The van der Waals surface area contributed by atoms with Gasteiger partial charge in [0.25, 0.3) is 5.91 Å². The Hall–Kier alpha value is -3.95. The maximum absolute atomic E-state index is 12.1. The minimum atomic E-state index is -0.217. The lowest BCUT2D eigenvalue weighted by Crippen LogP contribution is -2.41. The standard InChI is InChI=1S/C23H25N7O3/c1-5-29-13(2)11-33-19-7-15(8-26-22(19)29)20-28-18-6-16(23(31)24-4)9-25-21(18)30(20)10-17-12-32-14(3)27-17/h6-9,12-13H,5,10-11H2,1-4H3,(H,24,31). The third-order valence-corrected chi connectivity index (χ3v) is 5.78. The minimum Gasteiger partial charge on any atom is -0.488 e. The van der Waals surface area contributed by atoms with E-state index >= 15 is 0 Å². The molecule has 33 heavy (non-hydrogen) atoms. The van der Waals surface area contributed by atoms with Gasteiger partial charge in [0.1, 0.15) is 24.2 Å². The van der Waals surface area contributed by atoms with Crippen LogP contribution in [0.4, 0.5) is 5.82 Å². The molecule has 0 aromatic carbocycles. The molecule has 170 valence electrons. The molecule has 5 rings (SSSR count). The van der Waals surface area contributed by atoms with Crippen molar-refractivity contribution in [3.8, 4) is 17.1 Å². The van der Waals surface area contributed by atoms with Gasteiger partial charge in [0.2, 0.25) is 0 Å². The number of oxazole rings is 1. The van der Waals surface area contributed by atoms with Crippen molar-refractivity contribution in [1.82, 2.24) is 29.8 Å². The molecule has 0 saturated carbocycles. The smallest absolute Gasteiger partial charge is 0.252 e. The summed E-state index contributed by atoms with van der Waals surface area (Å²) in [6, 6.07) is 3.95. The van der Waals surface area contributed by atoms with Crippen LogP contribution in [-0.4, -0.2) is 56.7 Å². The average Bonchev–Trinajstić information content (AvgIpc) is 3.41. The lowest BCUT2D eigenvalue weighted by molar-refractivity contribution is 0.0963. The number of aryl methyl sites for hydroxylation is 1. The van der Waals surface area contributed by atoms with Gasteiger partial charge in [-0.3, -0.25) is 4.79 Å². The van der Waals surface area contributed by atoms with Crippen molar-refractivity contribution in [2.75, 3.05) is 25.1 Å². The number of pyridine rings is 2. The van der Waals surface area contributed by atoms with Gasteiger partial charge in [0.05, 0.1) is 23.8 Å². The first-order valence-electron chi connectivity index (χ1n) is 10.9. The Morgan fingerprint density at radius 1 is 1.24 bits per heavy atom. The molecule has 4 aromatic heterocycles. The summed E-state index contributed by atoms with van der Waals surface area (Å²) < 4.78 is 13.3. The first kappa shape index (κ1) is 20.9. The summed E-state index contributed by atoms with van der Waals surface area (Å²) in [5.74, 6) is 2.58. The normalized spacial score (nSPS) is 15.4. The highest BCUT2D eigenvalue weighted by atomic mass is 16.5. The number of ether oxygens (including phenoxy) is 1. The highest BCUT2D eigenvalue weighted by Crippen LogP contribution is 2.35. The molecule has 1 aliphatic rings. The molecule has 5 heterocycles. The number of aromatic nitrogens is 5. The fraction of sp³-hybridized carbons (Fsp3) is 0.348. The second-order valence-electron chi connectivity index (χ2n) is 8.02. The van der Waals surface area contributed by atoms with E-state index in [-0.39, 0.29) is 11.9 Å². The Morgan fingerprint density at radius 3 is 2.82 bits per heavy atom. The molecular formula is C23H25N7O3.